The van der Waals surface area contributed by atoms with Crippen LogP contribution in [-0.4, -0.2) is 65.5 Å². The predicted molar refractivity (Wildman–Crippen MR) is 130 cm³/mol. The molecule has 0 unspecified atom stereocenters. The van der Waals surface area contributed by atoms with Crippen molar-refractivity contribution in [1.29, 1.82) is 0 Å². The van der Waals surface area contributed by atoms with Crippen LogP contribution in [-0.2, 0) is 16.1 Å². The highest BCUT2D eigenvalue weighted by molar-refractivity contribution is 7.98. The molecular formula is C24H34N4O3S. The van der Waals surface area contributed by atoms with Crippen molar-refractivity contribution in [2.45, 2.75) is 50.4 Å². The Morgan fingerprint density at radius 1 is 1.22 bits per heavy atom. The number of anilines is 1. The first-order valence-corrected chi connectivity index (χ1v) is 12.4. The fourth-order valence-corrected chi connectivity index (χ4v) is 5.04. The van der Waals surface area contributed by atoms with E-state index >= 15 is 0 Å². The third-order valence-corrected chi connectivity index (χ3v) is 6.94. The van der Waals surface area contributed by atoms with Gasteiger partial charge in [-0.25, -0.2) is 4.98 Å². The summed E-state index contributed by atoms with van der Waals surface area (Å²) in [5, 5.41) is 0.745. The standard InChI is InChI=1S/C24H34N4O3S/c1-5-21(29)28(20-9-7-6-8-10-20)24(18-31-3)11-13-26(14-12-24)15-16-27-22(30)19(2)17-25-23(27)32-4/h6-10,17H,5,11-16,18H2,1-4H3. The average Bonchev–Trinajstić information content (AvgIpc) is 2.82. The van der Waals surface area contributed by atoms with E-state index in [1.54, 1.807) is 24.8 Å². The third kappa shape index (κ3) is 5.24. The molecule has 8 heteroatoms. The Balaban J connectivity index is 1.76. The van der Waals surface area contributed by atoms with Gasteiger partial charge in [-0.05, 0) is 38.2 Å². The Hall–Kier alpha value is -2.16. The van der Waals surface area contributed by atoms with E-state index in [2.05, 4.69) is 9.88 Å². The van der Waals surface area contributed by atoms with E-state index in [0.717, 1.165) is 43.3 Å². The van der Waals surface area contributed by atoms with Crippen molar-refractivity contribution in [2.75, 3.05) is 44.5 Å². The quantitative estimate of drug-likeness (QED) is 0.425. The van der Waals surface area contributed by atoms with Crippen molar-refractivity contribution in [3.63, 3.8) is 0 Å². The number of para-hydroxylation sites is 1. The van der Waals surface area contributed by atoms with Crippen LogP contribution in [0.3, 0.4) is 0 Å². The highest BCUT2D eigenvalue weighted by atomic mass is 32.2. The smallest absolute Gasteiger partial charge is 0.257 e. The lowest BCUT2D eigenvalue weighted by atomic mass is 9.85. The van der Waals surface area contributed by atoms with E-state index in [-0.39, 0.29) is 17.0 Å². The molecule has 0 saturated carbocycles. The summed E-state index contributed by atoms with van der Waals surface area (Å²) in [6, 6.07) is 9.90. The molecule has 2 heterocycles. The highest BCUT2D eigenvalue weighted by Gasteiger charge is 2.42. The molecule has 1 aromatic carbocycles. The molecule has 3 rings (SSSR count). The van der Waals surface area contributed by atoms with Crippen LogP contribution in [0.15, 0.2) is 46.5 Å². The van der Waals surface area contributed by atoms with Crippen molar-refractivity contribution in [3.05, 3.63) is 52.4 Å². The maximum atomic E-state index is 13.0. The van der Waals surface area contributed by atoms with E-state index in [9.17, 15) is 9.59 Å². The van der Waals surface area contributed by atoms with Gasteiger partial charge in [-0.1, -0.05) is 36.9 Å². The lowest BCUT2D eigenvalue weighted by molar-refractivity contribution is -0.120. The van der Waals surface area contributed by atoms with E-state index in [0.29, 0.717) is 25.1 Å². The summed E-state index contributed by atoms with van der Waals surface area (Å²) in [7, 11) is 1.70. The Morgan fingerprint density at radius 3 is 2.50 bits per heavy atom. The van der Waals surface area contributed by atoms with Gasteiger partial charge in [-0.3, -0.25) is 14.2 Å². The Morgan fingerprint density at radius 2 is 1.91 bits per heavy atom. The first kappa shape index (κ1) is 24.5. The molecule has 1 saturated heterocycles. The Kier molecular flexibility index (Phi) is 8.51. The van der Waals surface area contributed by atoms with Gasteiger partial charge >= 0.3 is 0 Å². The second-order valence-electron chi connectivity index (χ2n) is 8.30. The fraction of sp³-hybridized carbons (Fsp3) is 0.542. The normalized spacial score (nSPS) is 16.1. The third-order valence-electron chi connectivity index (χ3n) is 6.24. The number of hydrogen-bond donors (Lipinski definition) is 0. The number of carbonyl (C=O) groups excluding carboxylic acids is 1. The average molecular weight is 459 g/mol. The zero-order chi connectivity index (χ0) is 23.1. The molecule has 174 valence electrons. The number of aromatic nitrogens is 2. The number of thioether (sulfide) groups is 1. The van der Waals surface area contributed by atoms with Gasteiger partial charge in [0.2, 0.25) is 5.91 Å². The second-order valence-corrected chi connectivity index (χ2v) is 9.08. The predicted octanol–water partition coefficient (Wildman–Crippen LogP) is 3.20. The van der Waals surface area contributed by atoms with Crippen LogP contribution in [0.25, 0.3) is 0 Å². The van der Waals surface area contributed by atoms with Crippen molar-refractivity contribution in [3.8, 4) is 0 Å². The number of methoxy groups -OCH3 is 1. The van der Waals surface area contributed by atoms with Gasteiger partial charge in [-0.15, -0.1) is 0 Å². The van der Waals surface area contributed by atoms with Gasteiger partial charge in [0.05, 0.1) is 12.1 Å². The van der Waals surface area contributed by atoms with Gasteiger partial charge < -0.3 is 14.5 Å². The summed E-state index contributed by atoms with van der Waals surface area (Å²) in [4.78, 5) is 34.4. The van der Waals surface area contributed by atoms with Gasteiger partial charge in [-0.2, -0.15) is 0 Å². The summed E-state index contributed by atoms with van der Waals surface area (Å²) in [6.07, 6.45) is 5.67. The fourth-order valence-electron chi connectivity index (χ4n) is 4.49. The zero-order valence-corrected chi connectivity index (χ0v) is 20.4. The van der Waals surface area contributed by atoms with Crippen molar-refractivity contribution < 1.29 is 9.53 Å². The van der Waals surface area contributed by atoms with Crippen LogP contribution in [0.5, 0.6) is 0 Å². The van der Waals surface area contributed by atoms with Crippen molar-refractivity contribution in [1.82, 2.24) is 14.5 Å². The van der Waals surface area contributed by atoms with Crippen LogP contribution in [0.2, 0.25) is 0 Å². The molecular weight excluding hydrogens is 424 g/mol. The van der Waals surface area contributed by atoms with Crippen molar-refractivity contribution >= 4 is 23.4 Å². The van der Waals surface area contributed by atoms with Crippen molar-refractivity contribution in [2.24, 2.45) is 0 Å². The minimum atomic E-state index is -0.369. The summed E-state index contributed by atoms with van der Waals surface area (Å²) in [5.41, 5.74) is 1.24. The van der Waals surface area contributed by atoms with E-state index in [1.807, 2.05) is 48.4 Å². The Labute approximate surface area is 194 Å². The Bertz CT molecular complexity index is 955. The van der Waals surface area contributed by atoms with E-state index < -0.39 is 0 Å². The SMILES string of the molecule is CCC(=O)N(c1ccccc1)C1(COC)CCN(CCn2c(SC)ncc(C)c2=O)CC1. The first-order valence-electron chi connectivity index (χ1n) is 11.2. The molecule has 0 atom stereocenters. The number of aryl methyl sites for hydroxylation is 1. The number of rotatable bonds is 9. The monoisotopic (exact) mass is 458 g/mol. The lowest BCUT2D eigenvalue weighted by Gasteiger charge is -2.48. The molecule has 1 aliphatic rings. The number of hydrogen-bond acceptors (Lipinski definition) is 6. The van der Waals surface area contributed by atoms with E-state index in [1.165, 1.54) is 11.8 Å². The summed E-state index contributed by atoms with van der Waals surface area (Å²) in [5.74, 6) is 0.115. The van der Waals surface area contributed by atoms with Crippen LogP contribution < -0.4 is 10.5 Å². The van der Waals surface area contributed by atoms with Crippen LogP contribution in [0, 0.1) is 6.92 Å². The second kappa shape index (κ2) is 11.1. The van der Waals surface area contributed by atoms with Crippen LogP contribution in [0.1, 0.15) is 31.7 Å². The lowest BCUT2D eigenvalue weighted by Crippen LogP contribution is -2.60. The number of nitrogens with zero attached hydrogens (tertiary/aromatic N) is 4. The summed E-state index contributed by atoms with van der Waals surface area (Å²) < 4.78 is 7.41. The number of amides is 1. The molecule has 0 radical (unpaired) electrons. The molecule has 0 spiro atoms. The number of carbonyl (C=O) groups is 1. The van der Waals surface area contributed by atoms with Gasteiger partial charge in [0.1, 0.15) is 0 Å². The summed E-state index contributed by atoms with van der Waals surface area (Å²) >= 11 is 1.49. The number of piperidine rings is 1. The number of benzene rings is 1. The minimum Gasteiger partial charge on any atom is -0.382 e. The largest absolute Gasteiger partial charge is 0.382 e. The first-order chi connectivity index (χ1) is 15.5. The minimum absolute atomic E-state index is 0.0267. The summed E-state index contributed by atoms with van der Waals surface area (Å²) in [6.45, 7) is 7.27. The number of ether oxygens (including phenoxy) is 1. The molecule has 32 heavy (non-hydrogen) atoms. The zero-order valence-electron chi connectivity index (χ0n) is 19.5. The maximum absolute atomic E-state index is 13.0. The topological polar surface area (TPSA) is 67.7 Å². The molecule has 1 amide bonds. The molecule has 2 aromatic rings. The van der Waals surface area contributed by atoms with Gasteiger partial charge in [0.15, 0.2) is 5.16 Å². The molecule has 0 bridgehead atoms. The van der Waals surface area contributed by atoms with Gasteiger partial charge in [0.25, 0.3) is 5.56 Å². The molecule has 7 nitrogen and oxygen atoms in total. The maximum Gasteiger partial charge on any atom is 0.257 e. The highest BCUT2D eigenvalue weighted by Crippen LogP contribution is 2.34. The van der Waals surface area contributed by atoms with Crippen LogP contribution in [0.4, 0.5) is 5.69 Å². The molecule has 1 aromatic heterocycles. The molecule has 0 N–H and O–H groups in total. The molecule has 0 aliphatic carbocycles. The van der Waals surface area contributed by atoms with Crippen LogP contribution >= 0.6 is 11.8 Å². The number of likely N-dealkylation sites (tertiary alicyclic amines) is 1. The molecule has 1 aliphatic heterocycles. The molecule has 1 fully saturated rings. The van der Waals surface area contributed by atoms with Gasteiger partial charge in [0, 0.05) is 57.2 Å². The van der Waals surface area contributed by atoms with E-state index in [4.69, 9.17) is 4.74 Å².